The molecule has 0 aromatic heterocycles. The summed E-state index contributed by atoms with van der Waals surface area (Å²) in [5.41, 5.74) is 4.06. The zero-order valence-corrected chi connectivity index (χ0v) is 28.6. The minimum absolute atomic E-state index is 0.0457. The highest BCUT2D eigenvalue weighted by Gasteiger charge is 2.32. The molecular formula is C35H43Cl2N3O4S. The molecule has 1 aliphatic rings. The predicted octanol–water partition coefficient (Wildman–Crippen LogP) is 7.25. The fraction of sp³-hybridized carbons (Fsp3) is 0.429. The first-order valence-electron chi connectivity index (χ1n) is 15.6. The Hall–Kier alpha value is -3.07. The van der Waals surface area contributed by atoms with E-state index in [2.05, 4.69) is 5.32 Å². The van der Waals surface area contributed by atoms with Crippen LogP contribution in [0, 0.1) is 13.8 Å². The number of nitrogens with one attached hydrogen (secondary N) is 1. The van der Waals surface area contributed by atoms with Crippen molar-refractivity contribution in [2.45, 2.75) is 83.8 Å². The number of hydrogen-bond acceptors (Lipinski definition) is 4. The molecule has 45 heavy (non-hydrogen) atoms. The number of hydrogen-bond donors (Lipinski definition) is 1. The van der Waals surface area contributed by atoms with E-state index in [1.807, 2.05) is 56.3 Å². The van der Waals surface area contributed by atoms with Crippen LogP contribution < -0.4 is 9.62 Å². The third-order valence-corrected chi connectivity index (χ3v) is 10.3. The third-order valence-electron chi connectivity index (χ3n) is 8.58. The molecule has 7 nitrogen and oxygen atoms in total. The van der Waals surface area contributed by atoms with Gasteiger partial charge in [0.25, 0.3) is 0 Å². The maximum atomic E-state index is 14.2. The van der Waals surface area contributed by atoms with E-state index < -0.39 is 16.1 Å². The lowest BCUT2D eigenvalue weighted by atomic mass is 9.94. The van der Waals surface area contributed by atoms with Gasteiger partial charge in [-0.25, -0.2) is 8.42 Å². The Morgan fingerprint density at radius 3 is 2.33 bits per heavy atom. The van der Waals surface area contributed by atoms with Crippen LogP contribution in [0.15, 0.2) is 66.7 Å². The van der Waals surface area contributed by atoms with Crippen LogP contribution in [-0.2, 0) is 32.6 Å². The lowest BCUT2D eigenvalue weighted by Gasteiger charge is -2.34. The molecule has 0 aliphatic heterocycles. The summed E-state index contributed by atoms with van der Waals surface area (Å²) in [6, 6.07) is 19.6. The molecule has 3 aromatic carbocycles. The van der Waals surface area contributed by atoms with E-state index in [9.17, 15) is 18.0 Å². The smallest absolute Gasteiger partial charge is 0.243 e. The van der Waals surface area contributed by atoms with Crippen LogP contribution in [0.5, 0.6) is 0 Å². The lowest BCUT2D eigenvalue weighted by molar-refractivity contribution is -0.141. The first-order valence-corrected chi connectivity index (χ1v) is 18.2. The van der Waals surface area contributed by atoms with Crippen molar-refractivity contribution in [3.63, 3.8) is 0 Å². The number of sulfonamides is 1. The third kappa shape index (κ3) is 9.71. The van der Waals surface area contributed by atoms with Crippen LogP contribution >= 0.6 is 23.2 Å². The van der Waals surface area contributed by atoms with Crippen molar-refractivity contribution >= 4 is 50.7 Å². The van der Waals surface area contributed by atoms with Crippen molar-refractivity contribution in [1.29, 1.82) is 0 Å². The van der Waals surface area contributed by atoms with E-state index in [1.54, 1.807) is 29.2 Å². The Labute approximate surface area is 278 Å². The summed E-state index contributed by atoms with van der Waals surface area (Å²) in [7, 11) is -3.61. The first kappa shape index (κ1) is 34.8. The molecule has 1 unspecified atom stereocenters. The predicted molar refractivity (Wildman–Crippen MR) is 183 cm³/mol. The van der Waals surface area contributed by atoms with Gasteiger partial charge in [-0.1, -0.05) is 91.0 Å². The summed E-state index contributed by atoms with van der Waals surface area (Å²) < 4.78 is 27.1. The fourth-order valence-electron chi connectivity index (χ4n) is 5.92. The monoisotopic (exact) mass is 671 g/mol. The summed E-state index contributed by atoms with van der Waals surface area (Å²) >= 11 is 12.7. The minimum atomic E-state index is -3.61. The SMILES string of the molecule is Cc1cccc(N(CCCC(=O)N(Cc2ccc(Cl)cc2Cl)C(Cc2ccccc2)C(=O)NC2CCCCC2)S(C)(=O)=O)c1C. The highest BCUT2D eigenvalue weighted by molar-refractivity contribution is 7.92. The van der Waals surface area contributed by atoms with Gasteiger partial charge in [-0.15, -0.1) is 0 Å². The molecule has 1 N–H and O–H groups in total. The van der Waals surface area contributed by atoms with Gasteiger partial charge in [0.1, 0.15) is 6.04 Å². The van der Waals surface area contributed by atoms with Crippen molar-refractivity contribution in [1.82, 2.24) is 10.2 Å². The molecule has 4 rings (SSSR count). The highest BCUT2D eigenvalue weighted by atomic mass is 35.5. The van der Waals surface area contributed by atoms with E-state index in [0.29, 0.717) is 27.7 Å². The molecule has 10 heteroatoms. The van der Waals surface area contributed by atoms with Crippen LogP contribution in [0.3, 0.4) is 0 Å². The summed E-state index contributed by atoms with van der Waals surface area (Å²) in [4.78, 5) is 29.8. The molecule has 0 bridgehead atoms. The molecule has 1 atom stereocenters. The molecule has 0 radical (unpaired) electrons. The number of aryl methyl sites for hydroxylation is 1. The summed E-state index contributed by atoms with van der Waals surface area (Å²) in [6.45, 7) is 4.07. The summed E-state index contributed by atoms with van der Waals surface area (Å²) in [5.74, 6) is -0.451. The van der Waals surface area contributed by atoms with E-state index in [4.69, 9.17) is 23.2 Å². The zero-order valence-electron chi connectivity index (χ0n) is 26.3. The number of halogens is 2. The molecular weight excluding hydrogens is 629 g/mol. The van der Waals surface area contributed by atoms with Crippen LogP contribution in [-0.4, -0.2) is 50.0 Å². The molecule has 1 fully saturated rings. The van der Waals surface area contributed by atoms with Gasteiger partial charge in [-0.2, -0.15) is 0 Å². The molecule has 1 saturated carbocycles. The normalized spacial score (nSPS) is 14.5. The van der Waals surface area contributed by atoms with Gasteiger partial charge >= 0.3 is 0 Å². The average Bonchev–Trinajstić information content (AvgIpc) is 3.00. The molecule has 242 valence electrons. The van der Waals surface area contributed by atoms with E-state index in [-0.39, 0.29) is 43.8 Å². The van der Waals surface area contributed by atoms with Gasteiger partial charge in [-0.05, 0) is 73.6 Å². The van der Waals surface area contributed by atoms with Crippen LogP contribution in [0.1, 0.15) is 67.2 Å². The maximum absolute atomic E-state index is 14.2. The Morgan fingerprint density at radius 1 is 0.956 bits per heavy atom. The Balaban J connectivity index is 1.63. The van der Waals surface area contributed by atoms with E-state index in [1.165, 1.54) is 10.6 Å². The van der Waals surface area contributed by atoms with Gasteiger partial charge < -0.3 is 10.2 Å². The van der Waals surface area contributed by atoms with Gasteiger partial charge in [0.15, 0.2) is 0 Å². The van der Waals surface area contributed by atoms with Crippen molar-refractivity contribution in [2.24, 2.45) is 0 Å². The molecule has 0 saturated heterocycles. The molecule has 1 aliphatic carbocycles. The average molecular weight is 673 g/mol. The van der Waals surface area contributed by atoms with Crippen LogP contribution in [0.4, 0.5) is 5.69 Å². The Bertz CT molecular complexity index is 1580. The molecule has 3 aromatic rings. The number of nitrogens with zero attached hydrogens (tertiary/aromatic N) is 2. The quantitative estimate of drug-likeness (QED) is 0.207. The number of benzene rings is 3. The zero-order chi connectivity index (χ0) is 32.6. The van der Waals surface area contributed by atoms with Crippen LogP contribution in [0.2, 0.25) is 10.0 Å². The van der Waals surface area contributed by atoms with Crippen molar-refractivity contribution in [2.75, 3.05) is 17.1 Å². The first-order chi connectivity index (χ1) is 21.4. The van der Waals surface area contributed by atoms with Crippen molar-refractivity contribution < 1.29 is 18.0 Å². The molecule has 0 spiro atoms. The second kappa shape index (κ2) is 16.0. The number of amides is 2. The number of rotatable bonds is 13. The summed E-state index contributed by atoms with van der Waals surface area (Å²) in [6.07, 6.45) is 6.94. The number of carbonyl (C=O) groups is 2. The summed E-state index contributed by atoms with van der Waals surface area (Å²) in [5, 5.41) is 4.12. The van der Waals surface area contributed by atoms with Crippen LogP contribution in [0.25, 0.3) is 0 Å². The number of anilines is 1. The van der Waals surface area contributed by atoms with Gasteiger partial charge in [0, 0.05) is 42.0 Å². The van der Waals surface area contributed by atoms with Crippen molar-refractivity contribution in [3.8, 4) is 0 Å². The largest absolute Gasteiger partial charge is 0.352 e. The van der Waals surface area contributed by atoms with E-state index in [0.717, 1.165) is 48.8 Å². The fourth-order valence-corrected chi connectivity index (χ4v) is 7.40. The highest BCUT2D eigenvalue weighted by Crippen LogP contribution is 2.27. The lowest BCUT2D eigenvalue weighted by Crippen LogP contribution is -2.53. The van der Waals surface area contributed by atoms with Gasteiger partial charge in [-0.3, -0.25) is 13.9 Å². The number of carbonyl (C=O) groups excluding carboxylic acids is 2. The standard InChI is InChI=1S/C35H43Cl2N3O4S/c1-25-12-10-17-32(26(25)2)40(45(3,43)44)21-11-18-34(41)39(24-28-19-20-29(36)23-31(28)37)33(22-27-13-6-4-7-14-27)35(42)38-30-15-8-5-9-16-30/h4,6-7,10,12-14,17,19-20,23,30,33H,5,8-9,11,15-16,18,21-22,24H2,1-3H3,(H,38,42). The molecule has 2 amide bonds. The second-order valence-corrected chi connectivity index (χ2v) is 14.7. The Morgan fingerprint density at radius 2 is 1.67 bits per heavy atom. The topological polar surface area (TPSA) is 86.8 Å². The van der Waals surface area contributed by atoms with Crippen molar-refractivity contribution in [3.05, 3.63) is 99.0 Å². The van der Waals surface area contributed by atoms with Gasteiger partial charge in [0.2, 0.25) is 21.8 Å². The maximum Gasteiger partial charge on any atom is 0.243 e. The van der Waals surface area contributed by atoms with E-state index >= 15 is 0 Å². The van der Waals surface area contributed by atoms with Gasteiger partial charge in [0.05, 0.1) is 11.9 Å². The Kier molecular flexibility index (Phi) is 12.3. The second-order valence-electron chi connectivity index (χ2n) is 12.0. The minimum Gasteiger partial charge on any atom is -0.352 e. The molecule has 0 heterocycles.